The number of fused-ring (bicyclic) bond motifs is 1. The number of carbonyl (C=O) groups excluding carboxylic acids is 2. The van der Waals surface area contributed by atoms with E-state index in [9.17, 15) is 18.4 Å². The average Bonchev–Trinajstić information content (AvgIpc) is 3.41. The number of aliphatic imine (C=N–C) groups is 1. The topological polar surface area (TPSA) is 87.2 Å². The third kappa shape index (κ3) is 10.8. The van der Waals surface area contributed by atoms with E-state index in [1.807, 2.05) is 31.2 Å². The lowest BCUT2D eigenvalue weighted by Crippen LogP contribution is -2.24. The molecule has 0 radical (unpaired) electrons. The van der Waals surface area contributed by atoms with Gasteiger partial charge in [-0.25, -0.2) is 13.8 Å². The minimum absolute atomic E-state index is 0.0264. The van der Waals surface area contributed by atoms with Crippen LogP contribution in [-0.2, 0) is 16.0 Å². The molecule has 1 fully saturated rings. The Bertz CT molecular complexity index is 1520. The summed E-state index contributed by atoms with van der Waals surface area (Å²) in [4.78, 5) is 31.8. The van der Waals surface area contributed by atoms with Crippen LogP contribution in [0.2, 0.25) is 0 Å². The van der Waals surface area contributed by atoms with Crippen LogP contribution in [0.25, 0.3) is 0 Å². The van der Waals surface area contributed by atoms with Gasteiger partial charge in [0.25, 0.3) is 0 Å². The van der Waals surface area contributed by atoms with E-state index in [1.165, 1.54) is 5.57 Å². The standard InChI is InChI=1S/C39H50F2N4O2S/c1-3-23-39(40,41)24-7-12-36(46)30-10-6-8-28(26-30)13-21-37(47)42-31-15-18-33(19-16-31)48-38-22-14-29-9-4-5-11-34(29)35(43-38)20-17-32-25-27(2)44-45-32/h4-5,11,15-16,18-20,25,28-30H,3,6-10,12-14,17,21-24,26H2,1-2H3,(H,42,47)(H,44,45)/b35-20-. The third-order valence-electron chi connectivity index (χ3n) is 9.76. The fourth-order valence-corrected chi connectivity index (χ4v) is 8.09. The van der Waals surface area contributed by atoms with Gasteiger partial charge in [0.1, 0.15) is 5.78 Å². The van der Waals surface area contributed by atoms with E-state index in [2.05, 4.69) is 45.9 Å². The number of nitrogens with one attached hydrogen (secondary N) is 2. The molecule has 2 aromatic rings. The van der Waals surface area contributed by atoms with E-state index >= 15 is 0 Å². The van der Waals surface area contributed by atoms with Crippen molar-refractivity contribution in [3.63, 3.8) is 0 Å². The second kappa shape index (κ2) is 17.4. The maximum atomic E-state index is 13.8. The van der Waals surface area contributed by atoms with Gasteiger partial charge in [0.05, 0.1) is 16.4 Å². The highest BCUT2D eigenvalue weighted by atomic mass is 32.2. The number of alkyl halides is 2. The quantitative estimate of drug-likeness (QED) is 0.208. The summed E-state index contributed by atoms with van der Waals surface area (Å²) < 4.78 is 27.6. The van der Waals surface area contributed by atoms with Crippen molar-refractivity contribution in [1.29, 1.82) is 0 Å². The Morgan fingerprint density at radius 2 is 1.96 bits per heavy atom. The SMILES string of the molecule is CCCC(F)(F)CCCC(=O)C1CCCC(CCC(=O)Nc2ccc(SC3=N/C(=C\Cc4cc(C)[nH]n4)C4=CC=CCC4CC3)cc2)C1. The maximum absolute atomic E-state index is 13.8. The molecule has 0 bridgehead atoms. The first-order chi connectivity index (χ1) is 23.2. The number of hydrogen-bond donors (Lipinski definition) is 2. The van der Waals surface area contributed by atoms with Crippen LogP contribution in [0, 0.1) is 24.7 Å². The fourth-order valence-electron chi connectivity index (χ4n) is 7.18. The summed E-state index contributed by atoms with van der Waals surface area (Å²) in [5.41, 5.74) is 5.16. The predicted octanol–water partition coefficient (Wildman–Crippen LogP) is 10.3. The Balaban J connectivity index is 1.09. The second-order valence-electron chi connectivity index (χ2n) is 13.7. The molecular formula is C39H50F2N4O2S. The monoisotopic (exact) mass is 676 g/mol. The number of Topliss-reactive ketones (excluding diaryl/α,β-unsaturated/α-hetero) is 1. The van der Waals surface area contributed by atoms with E-state index in [4.69, 9.17) is 4.99 Å². The first-order valence-corrected chi connectivity index (χ1v) is 18.6. The third-order valence-corrected chi connectivity index (χ3v) is 10.8. The fraction of sp³-hybridized carbons (Fsp3) is 0.538. The number of aryl methyl sites for hydroxylation is 1. The van der Waals surface area contributed by atoms with Crippen LogP contribution in [-0.4, -0.2) is 32.9 Å². The molecule has 9 heteroatoms. The summed E-state index contributed by atoms with van der Waals surface area (Å²) in [5, 5.41) is 11.5. The van der Waals surface area contributed by atoms with Crippen molar-refractivity contribution in [2.24, 2.45) is 22.7 Å². The first kappa shape index (κ1) is 36.0. The molecule has 5 rings (SSSR count). The lowest BCUT2D eigenvalue weighted by Gasteiger charge is -2.28. The average molecular weight is 677 g/mol. The van der Waals surface area contributed by atoms with Crippen molar-refractivity contribution in [3.05, 3.63) is 77.3 Å². The number of aromatic amines is 1. The molecule has 2 aliphatic carbocycles. The van der Waals surface area contributed by atoms with Crippen LogP contribution in [0.3, 0.4) is 0 Å². The van der Waals surface area contributed by atoms with Crippen LogP contribution in [0.15, 0.2) is 75.8 Å². The van der Waals surface area contributed by atoms with Crippen LogP contribution in [0.1, 0.15) is 108 Å². The molecule has 1 aromatic heterocycles. The number of hydrogen-bond acceptors (Lipinski definition) is 5. The number of rotatable bonds is 14. The number of allylic oxidation sites excluding steroid dienone is 5. The zero-order chi connectivity index (χ0) is 33.9. The molecule has 0 spiro atoms. The zero-order valence-corrected chi connectivity index (χ0v) is 29.2. The Morgan fingerprint density at radius 1 is 1.12 bits per heavy atom. The number of thioether (sulfide) groups is 1. The predicted molar refractivity (Wildman–Crippen MR) is 191 cm³/mol. The van der Waals surface area contributed by atoms with Crippen molar-refractivity contribution in [2.75, 3.05) is 5.32 Å². The minimum Gasteiger partial charge on any atom is -0.326 e. The summed E-state index contributed by atoms with van der Waals surface area (Å²) in [7, 11) is 0. The molecule has 2 heterocycles. The summed E-state index contributed by atoms with van der Waals surface area (Å²) in [6, 6.07) is 10.0. The minimum atomic E-state index is -2.67. The van der Waals surface area contributed by atoms with Gasteiger partial charge in [-0.05, 0) is 99.6 Å². The Kier molecular flexibility index (Phi) is 13.0. The van der Waals surface area contributed by atoms with Crippen molar-refractivity contribution >= 4 is 34.2 Å². The second-order valence-corrected chi connectivity index (χ2v) is 14.9. The molecule has 6 nitrogen and oxygen atoms in total. The number of amides is 1. The summed E-state index contributed by atoms with van der Waals surface area (Å²) in [5.74, 6) is -1.85. The van der Waals surface area contributed by atoms with Crippen LogP contribution in [0.5, 0.6) is 0 Å². The van der Waals surface area contributed by atoms with Gasteiger partial charge in [0, 0.05) is 54.3 Å². The molecule has 2 N–H and O–H groups in total. The smallest absolute Gasteiger partial charge is 0.248 e. The Labute approximate surface area is 288 Å². The maximum Gasteiger partial charge on any atom is 0.248 e. The lowest BCUT2D eigenvalue weighted by atomic mass is 9.76. The number of carbonyl (C=O) groups is 2. The van der Waals surface area contributed by atoms with Crippen molar-refractivity contribution in [1.82, 2.24) is 10.2 Å². The van der Waals surface area contributed by atoms with E-state index in [1.54, 1.807) is 18.7 Å². The van der Waals surface area contributed by atoms with Gasteiger partial charge in [0.15, 0.2) is 0 Å². The molecule has 48 heavy (non-hydrogen) atoms. The van der Waals surface area contributed by atoms with Gasteiger partial charge in [-0.3, -0.25) is 14.7 Å². The lowest BCUT2D eigenvalue weighted by molar-refractivity contribution is -0.124. The van der Waals surface area contributed by atoms with Crippen molar-refractivity contribution in [2.45, 2.75) is 121 Å². The van der Waals surface area contributed by atoms with E-state index in [-0.39, 0.29) is 43.3 Å². The largest absolute Gasteiger partial charge is 0.326 e. The number of aromatic nitrogens is 2. The van der Waals surface area contributed by atoms with Crippen LogP contribution >= 0.6 is 11.8 Å². The highest BCUT2D eigenvalue weighted by Gasteiger charge is 2.30. The molecule has 3 unspecified atom stereocenters. The van der Waals surface area contributed by atoms with Gasteiger partial charge in [0.2, 0.25) is 11.8 Å². The summed E-state index contributed by atoms with van der Waals surface area (Å²) >= 11 is 1.68. The number of H-pyrrole nitrogens is 1. The van der Waals surface area contributed by atoms with E-state index in [0.29, 0.717) is 24.7 Å². The molecule has 1 aliphatic heterocycles. The number of benzene rings is 1. The van der Waals surface area contributed by atoms with E-state index in [0.717, 1.165) is 90.5 Å². The van der Waals surface area contributed by atoms with Crippen LogP contribution in [0.4, 0.5) is 14.5 Å². The number of halogens is 2. The zero-order valence-electron chi connectivity index (χ0n) is 28.4. The summed E-state index contributed by atoms with van der Waals surface area (Å²) in [6.07, 6.45) is 17.8. The molecule has 1 saturated carbocycles. The number of nitrogens with zero attached hydrogens (tertiary/aromatic N) is 2. The van der Waals surface area contributed by atoms with Gasteiger partial charge in [-0.1, -0.05) is 62.3 Å². The summed E-state index contributed by atoms with van der Waals surface area (Å²) in [6.45, 7) is 3.77. The molecule has 0 saturated heterocycles. The molecule has 1 amide bonds. The molecular weight excluding hydrogens is 627 g/mol. The molecule has 3 aliphatic rings. The van der Waals surface area contributed by atoms with Gasteiger partial charge in [-0.2, -0.15) is 5.10 Å². The molecule has 3 atom stereocenters. The number of ketones is 1. The number of anilines is 1. The highest BCUT2D eigenvalue weighted by molar-refractivity contribution is 8.14. The van der Waals surface area contributed by atoms with Crippen molar-refractivity contribution in [3.8, 4) is 0 Å². The molecule has 1 aromatic carbocycles. The van der Waals surface area contributed by atoms with Gasteiger partial charge >= 0.3 is 0 Å². The Morgan fingerprint density at radius 3 is 2.73 bits per heavy atom. The first-order valence-electron chi connectivity index (χ1n) is 17.8. The normalized spacial score (nSPS) is 22.1. The van der Waals surface area contributed by atoms with Gasteiger partial charge in [-0.15, -0.1) is 0 Å². The molecule has 258 valence electrons. The van der Waals surface area contributed by atoms with Crippen molar-refractivity contribution < 1.29 is 18.4 Å². The van der Waals surface area contributed by atoms with E-state index < -0.39 is 5.92 Å². The Hall–Kier alpha value is -3.33. The van der Waals surface area contributed by atoms with Gasteiger partial charge < -0.3 is 5.32 Å². The highest BCUT2D eigenvalue weighted by Crippen LogP contribution is 2.38. The van der Waals surface area contributed by atoms with Crippen LogP contribution < -0.4 is 5.32 Å².